The van der Waals surface area contributed by atoms with Gasteiger partial charge < -0.3 is 5.11 Å². The highest BCUT2D eigenvalue weighted by Crippen LogP contribution is 2.18. The molecule has 0 bridgehead atoms. The molecule has 0 amide bonds. The Kier molecular flexibility index (Phi) is 4.10. The largest absolute Gasteiger partial charge is 0.481 e. The van der Waals surface area contributed by atoms with Crippen LogP contribution in [0.4, 0.5) is 0 Å². The van der Waals surface area contributed by atoms with Crippen molar-refractivity contribution in [2.45, 2.75) is 33.6 Å². The van der Waals surface area contributed by atoms with Crippen LogP contribution in [-0.2, 0) is 24.7 Å². The van der Waals surface area contributed by atoms with Gasteiger partial charge in [-0.05, 0) is 18.4 Å². The zero-order chi connectivity index (χ0) is 12.3. The highest BCUT2D eigenvalue weighted by Gasteiger charge is 2.23. The van der Waals surface area contributed by atoms with Gasteiger partial charge in [-0.25, -0.2) is 0 Å². The third kappa shape index (κ3) is 2.84. The summed E-state index contributed by atoms with van der Waals surface area (Å²) in [6.45, 7) is 5.93. The fourth-order valence-corrected chi connectivity index (χ4v) is 1.77. The summed E-state index contributed by atoms with van der Waals surface area (Å²) in [6, 6.07) is 2.00. The van der Waals surface area contributed by atoms with E-state index in [0.717, 1.165) is 17.8 Å². The highest BCUT2D eigenvalue weighted by molar-refractivity contribution is 5.70. The van der Waals surface area contributed by atoms with Crippen molar-refractivity contribution in [3.8, 4) is 0 Å². The predicted octanol–water partition coefficient (Wildman–Crippen LogP) is 1.88. The Balaban J connectivity index is 2.84. The van der Waals surface area contributed by atoms with E-state index in [1.807, 2.05) is 33.9 Å². The van der Waals surface area contributed by atoms with Gasteiger partial charge in [0, 0.05) is 19.2 Å². The van der Waals surface area contributed by atoms with Crippen LogP contribution in [-0.4, -0.2) is 20.9 Å². The summed E-state index contributed by atoms with van der Waals surface area (Å²) < 4.78 is 1.79. The van der Waals surface area contributed by atoms with E-state index in [2.05, 4.69) is 5.10 Å². The normalized spacial score (nSPS) is 13.1. The molecule has 0 aliphatic carbocycles. The molecule has 0 radical (unpaired) electrons. The molecule has 1 aromatic heterocycles. The predicted molar refractivity (Wildman–Crippen MR) is 62.3 cm³/mol. The smallest absolute Gasteiger partial charge is 0.307 e. The summed E-state index contributed by atoms with van der Waals surface area (Å²) >= 11 is 0. The summed E-state index contributed by atoms with van der Waals surface area (Å²) in [7, 11) is 1.87. The topological polar surface area (TPSA) is 55.1 Å². The van der Waals surface area contributed by atoms with Gasteiger partial charge in [-0.3, -0.25) is 9.48 Å². The molecular weight excluding hydrogens is 204 g/mol. The van der Waals surface area contributed by atoms with E-state index in [1.54, 1.807) is 4.68 Å². The minimum absolute atomic E-state index is 0.137. The van der Waals surface area contributed by atoms with Gasteiger partial charge in [0.15, 0.2) is 0 Å². The number of carboxylic acids is 1. The van der Waals surface area contributed by atoms with Crippen LogP contribution in [0.5, 0.6) is 0 Å². The van der Waals surface area contributed by atoms with Crippen LogP contribution in [0.25, 0.3) is 0 Å². The Hall–Kier alpha value is -1.32. The Bertz CT molecular complexity index is 369. The maximum absolute atomic E-state index is 11.1. The van der Waals surface area contributed by atoms with Gasteiger partial charge >= 0.3 is 5.97 Å². The molecule has 0 aromatic carbocycles. The molecule has 4 nitrogen and oxygen atoms in total. The minimum atomic E-state index is -0.728. The molecule has 4 heteroatoms. The average Bonchev–Trinajstić information content (AvgIpc) is 2.54. The summed E-state index contributed by atoms with van der Waals surface area (Å²) in [5.41, 5.74) is 2.02. The lowest BCUT2D eigenvalue weighted by Gasteiger charge is -2.15. The minimum Gasteiger partial charge on any atom is -0.481 e. The highest BCUT2D eigenvalue weighted by atomic mass is 16.4. The van der Waals surface area contributed by atoms with Crippen molar-refractivity contribution in [2.75, 3.05) is 0 Å². The van der Waals surface area contributed by atoms with Gasteiger partial charge in [-0.15, -0.1) is 0 Å². The molecule has 90 valence electrons. The van der Waals surface area contributed by atoms with Crippen LogP contribution in [0.2, 0.25) is 0 Å². The number of carboxylic acid groups (broad SMARTS) is 1. The van der Waals surface area contributed by atoms with Gasteiger partial charge in [0.25, 0.3) is 0 Å². The lowest BCUT2D eigenvalue weighted by molar-refractivity contribution is -0.143. The van der Waals surface area contributed by atoms with Crippen molar-refractivity contribution >= 4 is 5.97 Å². The number of nitrogens with zero attached hydrogens (tertiary/aromatic N) is 2. The molecule has 16 heavy (non-hydrogen) atoms. The van der Waals surface area contributed by atoms with Crippen LogP contribution < -0.4 is 0 Å². The Morgan fingerprint density at radius 2 is 2.19 bits per heavy atom. The van der Waals surface area contributed by atoms with Crippen molar-refractivity contribution in [1.82, 2.24) is 9.78 Å². The fourth-order valence-electron chi connectivity index (χ4n) is 1.77. The Labute approximate surface area is 96.3 Å². The third-order valence-electron chi connectivity index (χ3n) is 2.94. The Morgan fingerprint density at radius 1 is 1.56 bits per heavy atom. The molecule has 1 unspecified atom stereocenters. The van der Waals surface area contributed by atoms with Crippen molar-refractivity contribution in [3.05, 3.63) is 17.5 Å². The second-order valence-electron chi connectivity index (χ2n) is 4.50. The molecule has 1 N–H and O–H groups in total. The maximum atomic E-state index is 11.1. The first-order valence-corrected chi connectivity index (χ1v) is 5.70. The second kappa shape index (κ2) is 5.14. The third-order valence-corrected chi connectivity index (χ3v) is 2.94. The van der Waals surface area contributed by atoms with Crippen LogP contribution >= 0.6 is 0 Å². The summed E-state index contributed by atoms with van der Waals surface area (Å²) in [6.07, 6.45) is 1.43. The number of aryl methyl sites for hydroxylation is 2. The lowest BCUT2D eigenvalue weighted by Crippen LogP contribution is -2.23. The second-order valence-corrected chi connectivity index (χ2v) is 4.50. The molecule has 1 atom stereocenters. The van der Waals surface area contributed by atoms with E-state index < -0.39 is 5.97 Å². The molecular formula is C12H20N2O2. The SMILES string of the molecule is CCc1cc(CC(C(=O)O)C(C)C)n(C)n1. The van der Waals surface area contributed by atoms with Crippen molar-refractivity contribution in [1.29, 1.82) is 0 Å². The first-order chi connectivity index (χ1) is 7.45. The van der Waals surface area contributed by atoms with E-state index in [1.165, 1.54) is 0 Å². The molecule has 0 saturated heterocycles. The zero-order valence-electron chi connectivity index (χ0n) is 10.4. The first-order valence-electron chi connectivity index (χ1n) is 5.70. The summed E-state index contributed by atoms with van der Waals surface area (Å²) in [4.78, 5) is 11.1. The summed E-state index contributed by atoms with van der Waals surface area (Å²) in [5.74, 6) is -0.924. The molecule has 0 saturated carbocycles. The maximum Gasteiger partial charge on any atom is 0.307 e. The van der Waals surface area contributed by atoms with E-state index >= 15 is 0 Å². The average molecular weight is 224 g/mol. The first kappa shape index (κ1) is 12.7. The van der Waals surface area contributed by atoms with Gasteiger partial charge in [-0.1, -0.05) is 20.8 Å². The van der Waals surface area contributed by atoms with Crippen LogP contribution in [0.15, 0.2) is 6.07 Å². The number of aromatic nitrogens is 2. The van der Waals surface area contributed by atoms with E-state index in [9.17, 15) is 4.79 Å². The monoisotopic (exact) mass is 224 g/mol. The standard InChI is InChI=1S/C12H20N2O2/c1-5-9-6-10(14(4)13-9)7-11(8(2)3)12(15)16/h6,8,11H,5,7H2,1-4H3,(H,15,16). The van der Waals surface area contributed by atoms with Crippen LogP contribution in [0.3, 0.4) is 0 Å². The van der Waals surface area contributed by atoms with Gasteiger partial charge in [0.1, 0.15) is 0 Å². The number of rotatable bonds is 5. The molecule has 0 fully saturated rings. The van der Waals surface area contributed by atoms with E-state index in [-0.39, 0.29) is 11.8 Å². The van der Waals surface area contributed by atoms with Crippen molar-refractivity contribution < 1.29 is 9.90 Å². The van der Waals surface area contributed by atoms with Crippen molar-refractivity contribution in [2.24, 2.45) is 18.9 Å². The van der Waals surface area contributed by atoms with Gasteiger partial charge in [0.2, 0.25) is 0 Å². The molecule has 0 aliphatic heterocycles. The fraction of sp³-hybridized carbons (Fsp3) is 0.667. The van der Waals surface area contributed by atoms with E-state index in [0.29, 0.717) is 6.42 Å². The van der Waals surface area contributed by atoms with Gasteiger partial charge in [0.05, 0.1) is 11.6 Å². The Morgan fingerprint density at radius 3 is 2.56 bits per heavy atom. The molecule has 0 spiro atoms. The molecule has 1 rings (SSSR count). The molecule has 1 aromatic rings. The number of hydrogen-bond acceptors (Lipinski definition) is 2. The van der Waals surface area contributed by atoms with Crippen LogP contribution in [0.1, 0.15) is 32.2 Å². The zero-order valence-corrected chi connectivity index (χ0v) is 10.4. The molecule has 1 heterocycles. The van der Waals surface area contributed by atoms with Crippen LogP contribution in [0, 0.1) is 11.8 Å². The van der Waals surface area contributed by atoms with Crippen molar-refractivity contribution in [3.63, 3.8) is 0 Å². The van der Waals surface area contributed by atoms with Gasteiger partial charge in [-0.2, -0.15) is 5.10 Å². The lowest BCUT2D eigenvalue weighted by atomic mass is 9.91. The number of carbonyl (C=O) groups is 1. The number of hydrogen-bond donors (Lipinski definition) is 1. The summed E-state index contributed by atoms with van der Waals surface area (Å²) in [5, 5.41) is 13.5. The number of aliphatic carboxylic acids is 1. The quantitative estimate of drug-likeness (QED) is 0.830. The van der Waals surface area contributed by atoms with E-state index in [4.69, 9.17) is 5.11 Å². The molecule has 0 aliphatic rings.